The van der Waals surface area contributed by atoms with Gasteiger partial charge in [0.25, 0.3) is 0 Å². The summed E-state index contributed by atoms with van der Waals surface area (Å²) in [6.45, 7) is 2.39. The quantitative estimate of drug-likeness (QED) is 0.801. The number of carbonyl (C=O) groups excluding carboxylic acids is 1. The smallest absolute Gasteiger partial charge is 0.230 e. The summed E-state index contributed by atoms with van der Waals surface area (Å²) in [7, 11) is 0. The van der Waals surface area contributed by atoms with E-state index in [0.717, 1.165) is 15.4 Å². The number of nitrogens with one attached hydrogen (secondary N) is 1. The van der Waals surface area contributed by atoms with Crippen LogP contribution in [0.3, 0.4) is 0 Å². The molecule has 2 aromatic rings. The van der Waals surface area contributed by atoms with Gasteiger partial charge in [-0.2, -0.15) is 0 Å². The topological polar surface area (TPSA) is 68.0 Å². The Hall–Kier alpha value is -1.79. The van der Waals surface area contributed by atoms with Crippen molar-refractivity contribution >= 4 is 34.5 Å². The number of carbonyl (C=O) groups is 1. The minimum Gasteiger partial charge on any atom is -0.393 e. The zero-order valence-corrected chi connectivity index (χ0v) is 13.3. The lowest BCUT2D eigenvalue weighted by Crippen LogP contribution is -2.38. The largest absolute Gasteiger partial charge is 0.393 e. The zero-order chi connectivity index (χ0) is 15.2. The highest BCUT2D eigenvalue weighted by Gasteiger charge is 2.21. The van der Waals surface area contributed by atoms with Gasteiger partial charge in [0.15, 0.2) is 0 Å². The molecule has 0 saturated heterocycles. The van der Waals surface area contributed by atoms with Gasteiger partial charge in [0, 0.05) is 11.1 Å². The third-order valence-corrected chi connectivity index (χ3v) is 4.22. The molecule has 21 heavy (non-hydrogen) atoms. The molecular formula is C15H17N3OS2. The lowest BCUT2D eigenvalue weighted by Gasteiger charge is -2.15. The highest BCUT2D eigenvalue weighted by atomic mass is 32.1. The van der Waals surface area contributed by atoms with Crippen LogP contribution in [0.15, 0.2) is 36.5 Å². The van der Waals surface area contributed by atoms with Gasteiger partial charge in [-0.3, -0.25) is 4.79 Å². The molecule has 110 valence electrons. The van der Waals surface area contributed by atoms with Crippen molar-refractivity contribution in [2.24, 2.45) is 11.7 Å². The Morgan fingerprint density at radius 3 is 2.71 bits per heavy atom. The van der Waals surface area contributed by atoms with Gasteiger partial charge in [0.2, 0.25) is 5.91 Å². The van der Waals surface area contributed by atoms with Crippen LogP contribution in [-0.4, -0.2) is 15.9 Å². The Labute approximate surface area is 133 Å². The van der Waals surface area contributed by atoms with E-state index in [4.69, 9.17) is 18.0 Å². The Balaban J connectivity index is 1.97. The molecule has 1 amide bonds. The average Bonchev–Trinajstić information content (AvgIpc) is 2.89. The first-order valence-electron chi connectivity index (χ1n) is 6.58. The van der Waals surface area contributed by atoms with E-state index in [2.05, 4.69) is 10.3 Å². The number of thiazole rings is 1. The summed E-state index contributed by atoms with van der Waals surface area (Å²) < 4.78 is 0. The molecule has 1 aromatic heterocycles. The fourth-order valence-electron chi connectivity index (χ4n) is 1.94. The van der Waals surface area contributed by atoms with Crippen LogP contribution in [0.25, 0.3) is 0 Å². The van der Waals surface area contributed by atoms with Gasteiger partial charge >= 0.3 is 0 Å². The van der Waals surface area contributed by atoms with Crippen LogP contribution in [0.5, 0.6) is 0 Å². The first kappa shape index (κ1) is 15.6. The fraction of sp³-hybridized carbons (Fsp3) is 0.267. The number of rotatable bonds is 6. The third kappa shape index (κ3) is 4.61. The molecular weight excluding hydrogens is 302 g/mol. The monoisotopic (exact) mass is 319 g/mol. The molecule has 0 spiro atoms. The minimum absolute atomic E-state index is 0.154. The SMILES string of the molecule is Cc1cnc(CNC(=O)C(Cc2ccccc2)C(N)=S)s1. The second-order valence-electron chi connectivity index (χ2n) is 4.73. The van der Waals surface area contributed by atoms with Crippen LogP contribution in [-0.2, 0) is 17.8 Å². The Kier molecular flexibility index (Phi) is 5.41. The number of nitrogens with zero attached hydrogens (tertiary/aromatic N) is 1. The van der Waals surface area contributed by atoms with E-state index in [1.54, 1.807) is 17.5 Å². The molecule has 3 N–H and O–H groups in total. The minimum atomic E-state index is -0.497. The summed E-state index contributed by atoms with van der Waals surface area (Å²) in [6, 6.07) is 9.72. The lowest BCUT2D eigenvalue weighted by atomic mass is 9.98. The lowest BCUT2D eigenvalue weighted by molar-refractivity contribution is -0.123. The van der Waals surface area contributed by atoms with Crippen molar-refractivity contribution in [2.45, 2.75) is 19.9 Å². The Morgan fingerprint density at radius 2 is 2.14 bits per heavy atom. The van der Waals surface area contributed by atoms with E-state index in [-0.39, 0.29) is 10.9 Å². The Morgan fingerprint density at radius 1 is 1.43 bits per heavy atom. The van der Waals surface area contributed by atoms with Gasteiger partial charge in [-0.15, -0.1) is 11.3 Å². The predicted octanol–water partition coefficient (Wildman–Crippen LogP) is 2.21. The van der Waals surface area contributed by atoms with Crippen molar-refractivity contribution in [2.75, 3.05) is 0 Å². The van der Waals surface area contributed by atoms with Gasteiger partial charge in [0.05, 0.1) is 17.5 Å². The van der Waals surface area contributed by atoms with Crippen molar-refractivity contribution < 1.29 is 4.79 Å². The van der Waals surface area contributed by atoms with E-state index in [1.807, 2.05) is 37.3 Å². The zero-order valence-electron chi connectivity index (χ0n) is 11.7. The number of amides is 1. The van der Waals surface area contributed by atoms with Crippen LogP contribution >= 0.6 is 23.6 Å². The predicted molar refractivity (Wildman–Crippen MR) is 89.1 cm³/mol. The molecule has 1 unspecified atom stereocenters. The van der Waals surface area contributed by atoms with Crippen LogP contribution in [0.2, 0.25) is 0 Å². The van der Waals surface area contributed by atoms with Gasteiger partial charge in [-0.05, 0) is 18.9 Å². The van der Waals surface area contributed by atoms with Gasteiger partial charge < -0.3 is 11.1 Å². The molecule has 0 aliphatic rings. The number of hydrogen-bond donors (Lipinski definition) is 2. The molecule has 2 rings (SSSR count). The highest BCUT2D eigenvalue weighted by molar-refractivity contribution is 7.80. The number of hydrogen-bond acceptors (Lipinski definition) is 4. The van der Waals surface area contributed by atoms with Crippen LogP contribution < -0.4 is 11.1 Å². The van der Waals surface area contributed by atoms with Crippen molar-refractivity contribution in [1.82, 2.24) is 10.3 Å². The maximum atomic E-state index is 12.3. The molecule has 1 heterocycles. The molecule has 0 aliphatic carbocycles. The maximum absolute atomic E-state index is 12.3. The first-order chi connectivity index (χ1) is 10.1. The van der Waals surface area contributed by atoms with E-state index in [9.17, 15) is 4.79 Å². The summed E-state index contributed by atoms with van der Waals surface area (Å²) in [5.41, 5.74) is 6.75. The first-order valence-corrected chi connectivity index (χ1v) is 7.81. The molecule has 0 fully saturated rings. The van der Waals surface area contributed by atoms with Crippen LogP contribution in [0, 0.1) is 12.8 Å². The van der Waals surface area contributed by atoms with Crippen molar-refractivity contribution in [3.63, 3.8) is 0 Å². The highest BCUT2D eigenvalue weighted by Crippen LogP contribution is 2.12. The summed E-state index contributed by atoms with van der Waals surface area (Å²) in [5.74, 6) is -0.650. The average molecular weight is 319 g/mol. The molecule has 0 saturated carbocycles. The van der Waals surface area contributed by atoms with Crippen molar-refractivity contribution in [3.05, 3.63) is 52.0 Å². The fourth-order valence-corrected chi connectivity index (χ4v) is 2.86. The van der Waals surface area contributed by atoms with Gasteiger partial charge in [-0.1, -0.05) is 42.5 Å². The van der Waals surface area contributed by atoms with Crippen molar-refractivity contribution in [1.29, 1.82) is 0 Å². The molecule has 0 aliphatic heterocycles. The number of aromatic nitrogens is 1. The molecule has 4 nitrogen and oxygen atoms in total. The summed E-state index contributed by atoms with van der Waals surface area (Å²) in [4.78, 5) is 17.8. The van der Waals surface area contributed by atoms with E-state index in [0.29, 0.717) is 13.0 Å². The Bertz CT molecular complexity index is 625. The molecule has 0 radical (unpaired) electrons. The second kappa shape index (κ2) is 7.28. The van der Waals surface area contributed by atoms with Crippen molar-refractivity contribution in [3.8, 4) is 0 Å². The normalized spacial score (nSPS) is 11.9. The maximum Gasteiger partial charge on any atom is 0.230 e. The second-order valence-corrected chi connectivity index (χ2v) is 6.52. The summed E-state index contributed by atoms with van der Waals surface area (Å²) in [6.07, 6.45) is 2.31. The van der Waals surface area contributed by atoms with Crippen LogP contribution in [0.4, 0.5) is 0 Å². The van der Waals surface area contributed by atoms with E-state index < -0.39 is 5.92 Å². The van der Waals surface area contributed by atoms with Gasteiger partial charge in [0.1, 0.15) is 5.01 Å². The number of benzene rings is 1. The molecule has 6 heteroatoms. The standard InChI is InChI=1S/C15H17N3OS2/c1-10-8-17-13(21-10)9-18-15(19)12(14(16)20)7-11-5-3-2-4-6-11/h2-6,8,12H,7,9H2,1H3,(H2,16,20)(H,18,19). The number of aryl methyl sites for hydroxylation is 1. The van der Waals surface area contributed by atoms with Crippen LogP contribution in [0.1, 0.15) is 15.4 Å². The number of nitrogens with two attached hydrogens (primary N) is 1. The summed E-state index contributed by atoms with van der Waals surface area (Å²) in [5, 5.41) is 3.73. The van der Waals surface area contributed by atoms with Gasteiger partial charge in [-0.25, -0.2) is 4.98 Å². The molecule has 1 atom stereocenters. The third-order valence-electron chi connectivity index (χ3n) is 3.03. The summed E-state index contributed by atoms with van der Waals surface area (Å²) >= 11 is 6.60. The molecule has 1 aromatic carbocycles. The van der Waals surface area contributed by atoms with E-state index in [1.165, 1.54) is 0 Å². The molecule has 0 bridgehead atoms. The number of thiocarbonyl (C=S) groups is 1. The van der Waals surface area contributed by atoms with E-state index >= 15 is 0 Å².